The average Bonchev–Trinajstić information content (AvgIpc) is 2.87. The predicted molar refractivity (Wildman–Crippen MR) is 100 cm³/mol. The predicted octanol–water partition coefficient (Wildman–Crippen LogP) is 5.84. The minimum absolute atomic E-state index is 0.111. The van der Waals surface area contributed by atoms with Crippen LogP contribution in [0.4, 0.5) is 0 Å². The van der Waals surface area contributed by atoms with E-state index in [0.717, 1.165) is 12.8 Å². The molecule has 1 unspecified atom stereocenters. The molecule has 0 aliphatic carbocycles. The van der Waals surface area contributed by atoms with E-state index >= 15 is 0 Å². The van der Waals surface area contributed by atoms with E-state index in [-0.39, 0.29) is 17.5 Å². The molecule has 1 aliphatic rings. The lowest BCUT2D eigenvalue weighted by Gasteiger charge is -2.05. The van der Waals surface area contributed by atoms with Crippen LogP contribution in [0.25, 0.3) is 0 Å². The van der Waals surface area contributed by atoms with E-state index in [1.165, 1.54) is 57.8 Å². The van der Waals surface area contributed by atoms with Crippen molar-refractivity contribution in [3.05, 3.63) is 11.5 Å². The van der Waals surface area contributed by atoms with Crippen LogP contribution >= 0.6 is 0 Å². The van der Waals surface area contributed by atoms with Gasteiger partial charge >= 0.3 is 5.97 Å². The summed E-state index contributed by atoms with van der Waals surface area (Å²) in [5, 5.41) is 0. The van der Waals surface area contributed by atoms with Crippen LogP contribution in [-0.2, 0) is 19.1 Å². The normalized spacial score (nSPS) is 17.1. The van der Waals surface area contributed by atoms with Gasteiger partial charge < -0.3 is 9.47 Å². The van der Waals surface area contributed by atoms with E-state index in [0.29, 0.717) is 18.6 Å². The molecule has 1 atom stereocenters. The molecule has 0 saturated heterocycles. The highest BCUT2D eigenvalue weighted by molar-refractivity contribution is 6.01. The molecule has 144 valence electrons. The minimum atomic E-state index is -0.482. The van der Waals surface area contributed by atoms with Gasteiger partial charge in [0.05, 0.1) is 0 Å². The number of carbonyl (C=O) groups is 2. The highest BCUT2D eigenvalue weighted by Gasteiger charge is 2.34. The summed E-state index contributed by atoms with van der Waals surface area (Å²) in [6, 6.07) is 0. The summed E-state index contributed by atoms with van der Waals surface area (Å²) >= 11 is 0. The number of hydrogen-bond donors (Lipinski definition) is 0. The smallest absolute Gasteiger partial charge is 0.311 e. The van der Waals surface area contributed by atoms with Crippen molar-refractivity contribution in [1.82, 2.24) is 0 Å². The van der Waals surface area contributed by atoms with Crippen molar-refractivity contribution in [2.24, 2.45) is 0 Å². The molecule has 25 heavy (non-hydrogen) atoms. The number of ketones is 1. The Hall–Kier alpha value is -1.32. The zero-order valence-electron chi connectivity index (χ0n) is 16.4. The molecule has 0 bridgehead atoms. The molecule has 0 fully saturated rings. The molecule has 0 saturated carbocycles. The van der Waals surface area contributed by atoms with Crippen LogP contribution in [-0.4, -0.2) is 17.9 Å². The lowest BCUT2D eigenvalue weighted by atomic mass is 10.1. The maximum Gasteiger partial charge on any atom is 0.311 e. The van der Waals surface area contributed by atoms with Crippen LogP contribution in [0.2, 0.25) is 0 Å². The molecule has 0 N–H and O–H groups in total. The molecule has 0 spiro atoms. The lowest BCUT2D eigenvalue weighted by Crippen LogP contribution is -2.19. The Kier molecular flexibility index (Phi) is 11.3. The van der Waals surface area contributed by atoms with E-state index < -0.39 is 6.10 Å². The van der Waals surface area contributed by atoms with E-state index in [1.54, 1.807) is 6.92 Å². The maximum atomic E-state index is 12.0. The van der Waals surface area contributed by atoms with Gasteiger partial charge in [-0.15, -0.1) is 0 Å². The third-order valence-electron chi connectivity index (χ3n) is 4.73. The van der Waals surface area contributed by atoms with Gasteiger partial charge in [0.2, 0.25) is 11.5 Å². The summed E-state index contributed by atoms with van der Waals surface area (Å²) < 4.78 is 10.6. The monoisotopic (exact) mass is 352 g/mol. The number of unbranched alkanes of at least 4 members (excludes halogenated alkanes) is 10. The zero-order valence-corrected chi connectivity index (χ0v) is 16.4. The minimum Gasteiger partial charge on any atom is -0.483 e. The second-order valence-corrected chi connectivity index (χ2v) is 7.02. The van der Waals surface area contributed by atoms with Gasteiger partial charge in [-0.2, -0.15) is 0 Å². The van der Waals surface area contributed by atoms with Gasteiger partial charge in [0.15, 0.2) is 6.10 Å². The molecule has 1 heterocycles. The second kappa shape index (κ2) is 13.0. The lowest BCUT2D eigenvalue weighted by molar-refractivity contribution is -0.142. The number of esters is 1. The van der Waals surface area contributed by atoms with Crippen molar-refractivity contribution in [2.75, 3.05) is 0 Å². The number of allylic oxidation sites excluding steroid dienone is 1. The van der Waals surface area contributed by atoms with Crippen molar-refractivity contribution in [2.45, 2.75) is 110 Å². The van der Waals surface area contributed by atoms with Crippen LogP contribution in [0.15, 0.2) is 11.5 Å². The maximum absolute atomic E-state index is 12.0. The largest absolute Gasteiger partial charge is 0.483 e. The molecule has 4 nitrogen and oxygen atoms in total. The zero-order chi connectivity index (χ0) is 18.5. The SMILES string of the molecule is CCCCCCCCCCCCCC(=O)OC1=C(C)OC(CC)C1=O. The fraction of sp³-hybridized carbons (Fsp3) is 0.810. The molecular formula is C21H36O4. The van der Waals surface area contributed by atoms with Gasteiger partial charge in [0, 0.05) is 6.42 Å². The van der Waals surface area contributed by atoms with Gasteiger partial charge in [0.25, 0.3) is 0 Å². The first-order chi connectivity index (χ1) is 12.1. The molecule has 0 aromatic heterocycles. The number of hydrogen-bond acceptors (Lipinski definition) is 4. The molecule has 1 rings (SSSR count). The number of carbonyl (C=O) groups excluding carboxylic acids is 2. The highest BCUT2D eigenvalue weighted by Crippen LogP contribution is 2.24. The first-order valence-corrected chi connectivity index (χ1v) is 10.2. The van der Waals surface area contributed by atoms with Gasteiger partial charge in [-0.1, -0.05) is 78.1 Å². The van der Waals surface area contributed by atoms with Crippen LogP contribution < -0.4 is 0 Å². The van der Waals surface area contributed by atoms with Gasteiger partial charge in [-0.3, -0.25) is 9.59 Å². The van der Waals surface area contributed by atoms with E-state index in [1.807, 2.05) is 6.92 Å². The molecule has 0 aromatic rings. The fourth-order valence-corrected chi connectivity index (χ4v) is 3.13. The summed E-state index contributed by atoms with van der Waals surface area (Å²) in [5.41, 5.74) is 0. The molecule has 4 heteroatoms. The van der Waals surface area contributed by atoms with Gasteiger partial charge in [0.1, 0.15) is 5.76 Å². The topological polar surface area (TPSA) is 52.6 Å². The number of rotatable bonds is 14. The van der Waals surface area contributed by atoms with Crippen LogP contribution in [0.1, 0.15) is 104 Å². The summed E-state index contributed by atoms with van der Waals surface area (Å²) in [5.74, 6) is 0.0234. The highest BCUT2D eigenvalue weighted by atomic mass is 16.6. The number of Topliss-reactive ketones (excluding diaryl/α,β-unsaturated/α-hetero) is 1. The molecule has 0 aromatic carbocycles. The third kappa shape index (κ3) is 8.55. The Labute approximate surface area is 153 Å². The van der Waals surface area contributed by atoms with Crippen LogP contribution in [0.3, 0.4) is 0 Å². The summed E-state index contributed by atoms with van der Waals surface area (Å²) in [7, 11) is 0. The molecule has 1 aliphatic heterocycles. The van der Waals surface area contributed by atoms with E-state index in [4.69, 9.17) is 9.47 Å². The summed E-state index contributed by atoms with van der Waals surface area (Å²) in [6.07, 6.45) is 14.2. The molecule has 0 radical (unpaired) electrons. The van der Waals surface area contributed by atoms with Crippen molar-refractivity contribution in [1.29, 1.82) is 0 Å². The van der Waals surface area contributed by atoms with Gasteiger partial charge in [-0.05, 0) is 19.8 Å². The van der Waals surface area contributed by atoms with Gasteiger partial charge in [-0.25, -0.2) is 0 Å². The molecule has 0 amide bonds. The second-order valence-electron chi connectivity index (χ2n) is 7.02. The summed E-state index contributed by atoms with van der Waals surface area (Å²) in [4.78, 5) is 23.9. The number of ether oxygens (including phenoxy) is 2. The van der Waals surface area contributed by atoms with Crippen molar-refractivity contribution in [3.63, 3.8) is 0 Å². The van der Waals surface area contributed by atoms with Crippen molar-refractivity contribution in [3.8, 4) is 0 Å². The van der Waals surface area contributed by atoms with Crippen molar-refractivity contribution < 1.29 is 19.1 Å². The Morgan fingerprint density at radius 2 is 1.44 bits per heavy atom. The Bertz CT molecular complexity index is 439. The summed E-state index contributed by atoms with van der Waals surface area (Å²) in [6.45, 7) is 5.81. The van der Waals surface area contributed by atoms with Crippen molar-refractivity contribution >= 4 is 11.8 Å². The Morgan fingerprint density at radius 3 is 1.92 bits per heavy atom. The first-order valence-electron chi connectivity index (χ1n) is 10.2. The third-order valence-corrected chi connectivity index (χ3v) is 4.73. The quantitative estimate of drug-likeness (QED) is 0.291. The average molecular weight is 353 g/mol. The van der Waals surface area contributed by atoms with E-state index in [2.05, 4.69) is 6.92 Å². The molecular weight excluding hydrogens is 316 g/mol. The van der Waals surface area contributed by atoms with E-state index in [9.17, 15) is 9.59 Å². The first kappa shape index (κ1) is 21.7. The standard InChI is InChI=1S/C21H36O4/c1-4-6-7-8-9-10-11-12-13-14-15-16-19(22)25-21-17(3)24-18(5-2)20(21)23/h18H,4-16H2,1-3H3. The van der Waals surface area contributed by atoms with Crippen LogP contribution in [0.5, 0.6) is 0 Å². The van der Waals surface area contributed by atoms with Crippen LogP contribution in [0, 0.1) is 0 Å². The fourth-order valence-electron chi connectivity index (χ4n) is 3.13. The Morgan fingerprint density at radius 1 is 0.920 bits per heavy atom. The Balaban J connectivity index is 2.01.